The van der Waals surface area contributed by atoms with Gasteiger partial charge in [-0.1, -0.05) is 63.9 Å². The molecule has 0 saturated heterocycles. The molecule has 228 valence electrons. The first-order valence-electron chi connectivity index (χ1n) is 14.1. The highest BCUT2D eigenvalue weighted by molar-refractivity contribution is 9.10. The van der Waals surface area contributed by atoms with Crippen molar-refractivity contribution >= 4 is 45.3 Å². The number of hydrogen-bond donors (Lipinski definition) is 2. The van der Waals surface area contributed by atoms with Crippen LogP contribution in [0.15, 0.2) is 82.3 Å². The molecule has 3 aromatic carbocycles. The molecule has 10 heteroatoms. The number of carbonyl (C=O) groups excluding carboxylic acids is 2. The third-order valence-electron chi connectivity index (χ3n) is 6.75. The number of esters is 1. The van der Waals surface area contributed by atoms with Gasteiger partial charge < -0.3 is 24.6 Å². The second-order valence-corrected chi connectivity index (χ2v) is 12.4. The normalized spacial score (nSPS) is 18.0. The minimum Gasteiger partial charge on any atom is -0.494 e. The first-order valence-corrected chi connectivity index (χ1v) is 15.3. The van der Waals surface area contributed by atoms with E-state index in [0.29, 0.717) is 34.9 Å². The number of rotatable bonds is 12. The molecule has 2 atom stereocenters. The number of benzene rings is 3. The second-order valence-electron chi connectivity index (χ2n) is 11.2. The molecule has 1 aliphatic rings. The Morgan fingerprint density at radius 2 is 1.77 bits per heavy atom. The molecule has 0 unspecified atom stereocenters. The Kier molecular flexibility index (Phi) is 10.9. The summed E-state index contributed by atoms with van der Waals surface area (Å²) in [6, 6.07) is 21.9. The maximum absolute atomic E-state index is 14.3. The largest absolute Gasteiger partial charge is 0.494 e. The number of amides is 1. The first-order chi connectivity index (χ1) is 20.5. The zero-order valence-electron chi connectivity index (χ0n) is 24.4. The predicted molar refractivity (Wildman–Crippen MR) is 169 cm³/mol. The molecular formula is C33H36BrClN2O6. The maximum atomic E-state index is 14.3. The van der Waals surface area contributed by atoms with Crippen molar-refractivity contribution in [3.8, 4) is 5.75 Å². The Hall–Kier alpha value is -3.40. The van der Waals surface area contributed by atoms with Gasteiger partial charge in [-0.25, -0.2) is 4.99 Å². The summed E-state index contributed by atoms with van der Waals surface area (Å²) in [5.41, 5.74) is -0.0858. The van der Waals surface area contributed by atoms with Gasteiger partial charge >= 0.3 is 5.97 Å². The quantitative estimate of drug-likeness (QED) is 0.167. The minimum absolute atomic E-state index is 0.0358. The molecule has 1 amide bonds. The van der Waals surface area contributed by atoms with Gasteiger partial charge in [-0.2, -0.15) is 0 Å². The number of aliphatic hydroxyl groups excluding tert-OH is 1. The number of aliphatic hydroxyl groups is 1. The van der Waals surface area contributed by atoms with Gasteiger partial charge in [0.15, 0.2) is 11.6 Å². The molecule has 0 fully saturated rings. The number of nitrogens with one attached hydrogen (secondary N) is 1. The van der Waals surface area contributed by atoms with Crippen LogP contribution in [0.4, 0.5) is 0 Å². The molecule has 8 nitrogen and oxygen atoms in total. The molecule has 43 heavy (non-hydrogen) atoms. The van der Waals surface area contributed by atoms with Gasteiger partial charge in [-0.3, -0.25) is 9.59 Å². The van der Waals surface area contributed by atoms with Crippen LogP contribution < -0.4 is 10.1 Å². The Labute approximate surface area is 265 Å². The van der Waals surface area contributed by atoms with Crippen LogP contribution in [0, 0.1) is 0 Å². The molecule has 0 spiro atoms. The number of carbonyl (C=O) groups is 2. The standard InChI is InChI=1S/C33H36BrClN2O6/c1-32(2,3)43-28(39)17-18-33(31(40)36-21-23-9-4-7-12-27(23)35)29(25-10-5-6-11-26(25)34)42-30(37-33)22-13-15-24(16-14-22)41-20-8-19-38/h4-7,9-16,29,38H,8,17-21H2,1-3H3,(H,36,40)/t29-,33-/m1/s1. The third kappa shape index (κ3) is 8.37. The highest BCUT2D eigenvalue weighted by Gasteiger charge is 2.53. The monoisotopic (exact) mass is 670 g/mol. The number of halogens is 2. The molecular weight excluding hydrogens is 636 g/mol. The average molecular weight is 672 g/mol. The lowest BCUT2D eigenvalue weighted by Crippen LogP contribution is -2.48. The topological polar surface area (TPSA) is 106 Å². The van der Waals surface area contributed by atoms with Gasteiger partial charge in [0.1, 0.15) is 11.4 Å². The molecule has 4 rings (SSSR count). The van der Waals surface area contributed by atoms with Crippen LogP contribution in [0.25, 0.3) is 0 Å². The van der Waals surface area contributed by atoms with Gasteiger partial charge in [-0.15, -0.1) is 0 Å². The minimum atomic E-state index is -1.51. The molecule has 3 aromatic rings. The molecule has 1 heterocycles. The van der Waals surface area contributed by atoms with E-state index in [1.807, 2.05) is 42.5 Å². The van der Waals surface area contributed by atoms with Gasteiger partial charge in [0.2, 0.25) is 5.90 Å². The average Bonchev–Trinajstić information content (AvgIpc) is 3.36. The molecule has 0 bridgehead atoms. The van der Waals surface area contributed by atoms with Crippen molar-refractivity contribution in [3.63, 3.8) is 0 Å². The summed E-state index contributed by atoms with van der Waals surface area (Å²) in [6.07, 6.45) is -0.356. The lowest BCUT2D eigenvalue weighted by molar-refractivity contribution is -0.155. The van der Waals surface area contributed by atoms with Crippen molar-refractivity contribution in [2.24, 2.45) is 4.99 Å². The van der Waals surface area contributed by atoms with E-state index in [0.717, 1.165) is 10.0 Å². The van der Waals surface area contributed by atoms with E-state index in [-0.39, 0.29) is 31.9 Å². The lowest BCUT2D eigenvalue weighted by atomic mass is 9.83. The van der Waals surface area contributed by atoms with Crippen LogP contribution in [0.1, 0.15) is 62.8 Å². The zero-order valence-corrected chi connectivity index (χ0v) is 26.8. The van der Waals surface area contributed by atoms with E-state index in [9.17, 15) is 9.59 Å². The Morgan fingerprint density at radius 1 is 1.07 bits per heavy atom. The molecule has 0 saturated carbocycles. The number of ether oxygens (including phenoxy) is 3. The van der Waals surface area contributed by atoms with Crippen LogP contribution in [0.3, 0.4) is 0 Å². The van der Waals surface area contributed by atoms with Crippen LogP contribution in [-0.2, 0) is 25.6 Å². The number of nitrogens with zero attached hydrogens (tertiary/aromatic N) is 1. The summed E-state index contributed by atoms with van der Waals surface area (Å²) in [4.78, 5) is 32.1. The number of aliphatic imine (C=N–C) groups is 1. The number of hydrogen-bond acceptors (Lipinski definition) is 7. The van der Waals surface area contributed by atoms with Gasteiger partial charge in [-0.05, 0) is 69.2 Å². The second kappa shape index (κ2) is 14.4. The molecule has 0 aliphatic carbocycles. The van der Waals surface area contributed by atoms with Crippen molar-refractivity contribution < 1.29 is 28.9 Å². The van der Waals surface area contributed by atoms with E-state index in [4.69, 9.17) is 35.9 Å². The van der Waals surface area contributed by atoms with Crippen molar-refractivity contribution in [2.75, 3.05) is 13.2 Å². The van der Waals surface area contributed by atoms with Crippen LogP contribution in [0.2, 0.25) is 5.02 Å². The Bertz CT molecular complexity index is 1460. The van der Waals surface area contributed by atoms with Crippen molar-refractivity contribution in [3.05, 3.63) is 99.0 Å². The fourth-order valence-electron chi connectivity index (χ4n) is 4.69. The highest BCUT2D eigenvalue weighted by atomic mass is 79.9. The van der Waals surface area contributed by atoms with E-state index in [1.54, 1.807) is 51.1 Å². The summed E-state index contributed by atoms with van der Waals surface area (Å²) in [6.45, 7) is 5.99. The van der Waals surface area contributed by atoms with Gasteiger partial charge in [0, 0.05) is 46.6 Å². The van der Waals surface area contributed by atoms with Crippen molar-refractivity contribution in [1.29, 1.82) is 0 Å². The van der Waals surface area contributed by atoms with E-state index < -0.39 is 29.1 Å². The van der Waals surface area contributed by atoms with E-state index >= 15 is 0 Å². The first kappa shape index (κ1) is 32.5. The van der Waals surface area contributed by atoms with Crippen molar-refractivity contribution in [2.45, 2.75) is 63.8 Å². The summed E-state index contributed by atoms with van der Waals surface area (Å²) >= 11 is 10.00. The van der Waals surface area contributed by atoms with Crippen LogP contribution in [0.5, 0.6) is 5.75 Å². The summed E-state index contributed by atoms with van der Waals surface area (Å²) in [5, 5.41) is 12.6. The fraction of sp³-hybridized carbons (Fsp3) is 0.364. The molecule has 0 radical (unpaired) electrons. The van der Waals surface area contributed by atoms with Gasteiger partial charge in [0.25, 0.3) is 5.91 Å². The third-order valence-corrected chi connectivity index (χ3v) is 7.84. The fourth-order valence-corrected chi connectivity index (χ4v) is 5.39. The summed E-state index contributed by atoms with van der Waals surface area (Å²) < 4.78 is 18.5. The zero-order chi connectivity index (χ0) is 31.0. The lowest BCUT2D eigenvalue weighted by Gasteiger charge is -2.31. The van der Waals surface area contributed by atoms with E-state index in [2.05, 4.69) is 21.2 Å². The Morgan fingerprint density at radius 3 is 2.44 bits per heavy atom. The smallest absolute Gasteiger partial charge is 0.306 e. The van der Waals surface area contributed by atoms with Crippen LogP contribution >= 0.6 is 27.5 Å². The van der Waals surface area contributed by atoms with Crippen LogP contribution in [-0.4, -0.2) is 47.2 Å². The van der Waals surface area contributed by atoms with Gasteiger partial charge in [0.05, 0.1) is 6.61 Å². The SMILES string of the molecule is CC(C)(C)OC(=O)CC[C@@]1(C(=O)NCc2ccccc2Cl)N=C(c2ccc(OCCCO)cc2)O[C@@H]1c1ccccc1Br. The molecule has 2 N–H and O–H groups in total. The highest BCUT2D eigenvalue weighted by Crippen LogP contribution is 2.45. The predicted octanol–water partition coefficient (Wildman–Crippen LogP) is 6.56. The van der Waals surface area contributed by atoms with Crippen molar-refractivity contribution in [1.82, 2.24) is 5.32 Å². The van der Waals surface area contributed by atoms with E-state index in [1.165, 1.54) is 0 Å². The maximum Gasteiger partial charge on any atom is 0.306 e. The molecule has 0 aromatic heterocycles. The summed E-state index contributed by atoms with van der Waals surface area (Å²) in [5.74, 6) is 0.0481. The summed E-state index contributed by atoms with van der Waals surface area (Å²) in [7, 11) is 0. The molecule has 1 aliphatic heterocycles. The Balaban J connectivity index is 1.73.